The summed E-state index contributed by atoms with van der Waals surface area (Å²) < 4.78 is 5.89. The predicted molar refractivity (Wildman–Crippen MR) is 70.4 cm³/mol. The fourth-order valence-electron chi connectivity index (χ4n) is 1.51. The first kappa shape index (κ1) is 13.4. The molecule has 1 unspecified atom stereocenters. The lowest BCUT2D eigenvalue weighted by molar-refractivity contribution is 0.215. The molecule has 0 radical (unpaired) electrons. The van der Waals surface area contributed by atoms with Crippen LogP contribution in [0.25, 0.3) is 0 Å². The molecule has 1 nitrogen and oxygen atoms in total. The second kappa shape index (κ2) is 6.80. The number of aryl methyl sites for hydroxylation is 1. The van der Waals surface area contributed by atoms with Crippen LogP contribution < -0.4 is 4.74 Å². The van der Waals surface area contributed by atoms with E-state index in [9.17, 15) is 0 Å². The highest BCUT2D eigenvalue weighted by atomic mass is 35.5. The molecule has 0 aliphatic carbocycles. The molecule has 1 aromatic carbocycles. The minimum Gasteiger partial charge on any atom is -0.490 e. The molecule has 1 aromatic rings. The largest absolute Gasteiger partial charge is 0.490 e. The van der Waals surface area contributed by atoms with Gasteiger partial charge in [-0.1, -0.05) is 37.9 Å². The Kier molecular flexibility index (Phi) is 5.68. The van der Waals surface area contributed by atoms with Gasteiger partial charge >= 0.3 is 0 Å². The molecule has 0 N–H and O–H groups in total. The van der Waals surface area contributed by atoms with Gasteiger partial charge in [-0.2, -0.15) is 0 Å². The zero-order valence-corrected chi connectivity index (χ0v) is 11.2. The maximum atomic E-state index is 6.00. The van der Waals surface area contributed by atoms with E-state index in [1.807, 2.05) is 12.1 Å². The van der Waals surface area contributed by atoms with Crippen molar-refractivity contribution in [1.82, 2.24) is 0 Å². The molecule has 16 heavy (non-hydrogen) atoms. The van der Waals surface area contributed by atoms with Gasteiger partial charge in [0.2, 0.25) is 0 Å². The second-order valence-corrected chi connectivity index (χ2v) is 4.63. The van der Waals surface area contributed by atoms with Crippen molar-refractivity contribution in [3.05, 3.63) is 28.8 Å². The maximum Gasteiger partial charge on any atom is 0.124 e. The standard InChI is InChI=1S/C14H21ClO/c1-4-6-7-12-8-9-13(15)10-14(12)16-11(3)5-2/h8-11H,4-7H2,1-3H3. The van der Waals surface area contributed by atoms with Crippen LogP contribution in [-0.4, -0.2) is 6.10 Å². The third-order valence-electron chi connectivity index (χ3n) is 2.73. The summed E-state index contributed by atoms with van der Waals surface area (Å²) in [4.78, 5) is 0. The topological polar surface area (TPSA) is 9.23 Å². The summed E-state index contributed by atoms with van der Waals surface area (Å²) in [5.41, 5.74) is 1.27. The van der Waals surface area contributed by atoms with Gasteiger partial charge in [-0.25, -0.2) is 0 Å². The molecule has 1 rings (SSSR count). The van der Waals surface area contributed by atoms with E-state index in [2.05, 4.69) is 26.8 Å². The lowest BCUT2D eigenvalue weighted by atomic mass is 10.1. The van der Waals surface area contributed by atoms with E-state index in [1.165, 1.54) is 18.4 Å². The number of hydrogen-bond acceptors (Lipinski definition) is 1. The van der Waals surface area contributed by atoms with Gasteiger partial charge in [0, 0.05) is 5.02 Å². The van der Waals surface area contributed by atoms with Gasteiger partial charge in [0.15, 0.2) is 0 Å². The molecular formula is C14H21ClO. The Hall–Kier alpha value is -0.690. The molecule has 0 aliphatic heterocycles. The van der Waals surface area contributed by atoms with Crippen LogP contribution in [0.2, 0.25) is 5.02 Å². The summed E-state index contributed by atoms with van der Waals surface area (Å²) in [7, 11) is 0. The third-order valence-corrected chi connectivity index (χ3v) is 2.97. The molecule has 0 heterocycles. The van der Waals surface area contributed by atoms with Crippen LogP contribution in [0.3, 0.4) is 0 Å². The molecule has 0 amide bonds. The van der Waals surface area contributed by atoms with Gasteiger partial charge in [-0.05, 0) is 43.9 Å². The highest BCUT2D eigenvalue weighted by Crippen LogP contribution is 2.26. The minimum atomic E-state index is 0.249. The van der Waals surface area contributed by atoms with E-state index in [4.69, 9.17) is 16.3 Å². The van der Waals surface area contributed by atoms with Gasteiger partial charge in [0.1, 0.15) is 5.75 Å². The summed E-state index contributed by atoms with van der Waals surface area (Å²) in [5.74, 6) is 0.954. The van der Waals surface area contributed by atoms with E-state index in [1.54, 1.807) is 0 Å². The SMILES string of the molecule is CCCCc1ccc(Cl)cc1OC(C)CC. The van der Waals surface area contributed by atoms with E-state index in [0.29, 0.717) is 0 Å². The van der Waals surface area contributed by atoms with Gasteiger partial charge in [-0.15, -0.1) is 0 Å². The molecule has 0 aliphatic rings. The van der Waals surface area contributed by atoms with Gasteiger partial charge in [0.05, 0.1) is 6.10 Å². The first-order valence-electron chi connectivity index (χ1n) is 6.12. The van der Waals surface area contributed by atoms with Crippen molar-refractivity contribution >= 4 is 11.6 Å². The molecule has 0 saturated carbocycles. The fraction of sp³-hybridized carbons (Fsp3) is 0.571. The molecular weight excluding hydrogens is 220 g/mol. The quantitative estimate of drug-likeness (QED) is 0.690. The van der Waals surface area contributed by atoms with Crippen LogP contribution in [-0.2, 0) is 6.42 Å². The first-order valence-corrected chi connectivity index (χ1v) is 6.50. The zero-order chi connectivity index (χ0) is 12.0. The van der Waals surface area contributed by atoms with Crippen molar-refractivity contribution in [2.24, 2.45) is 0 Å². The van der Waals surface area contributed by atoms with Crippen molar-refractivity contribution in [3.63, 3.8) is 0 Å². The van der Waals surface area contributed by atoms with Crippen LogP contribution in [0.4, 0.5) is 0 Å². The van der Waals surface area contributed by atoms with E-state index < -0.39 is 0 Å². The number of rotatable bonds is 6. The Morgan fingerprint density at radius 3 is 2.69 bits per heavy atom. The molecule has 0 fully saturated rings. The van der Waals surface area contributed by atoms with E-state index in [-0.39, 0.29) is 6.10 Å². The van der Waals surface area contributed by atoms with Gasteiger partial charge in [0.25, 0.3) is 0 Å². The van der Waals surface area contributed by atoms with Crippen LogP contribution in [0, 0.1) is 0 Å². The lowest BCUT2D eigenvalue weighted by Gasteiger charge is -2.16. The third kappa shape index (κ3) is 4.05. The Bertz CT molecular complexity index is 323. The first-order chi connectivity index (χ1) is 7.67. The molecule has 2 heteroatoms. The normalized spacial score (nSPS) is 12.5. The lowest BCUT2D eigenvalue weighted by Crippen LogP contribution is -2.11. The molecule has 0 saturated heterocycles. The van der Waals surface area contributed by atoms with Crippen LogP contribution >= 0.6 is 11.6 Å². The summed E-state index contributed by atoms with van der Waals surface area (Å²) in [6, 6.07) is 5.95. The van der Waals surface area contributed by atoms with Crippen molar-refractivity contribution in [2.45, 2.75) is 52.6 Å². The molecule has 0 aromatic heterocycles. The Morgan fingerprint density at radius 1 is 1.31 bits per heavy atom. The highest BCUT2D eigenvalue weighted by molar-refractivity contribution is 6.30. The summed E-state index contributed by atoms with van der Waals surface area (Å²) in [6.45, 7) is 6.41. The maximum absolute atomic E-state index is 6.00. The summed E-state index contributed by atoms with van der Waals surface area (Å²) >= 11 is 6.00. The Labute approximate surface area is 104 Å². The number of hydrogen-bond donors (Lipinski definition) is 0. The smallest absolute Gasteiger partial charge is 0.124 e. The monoisotopic (exact) mass is 240 g/mol. The average Bonchev–Trinajstić information content (AvgIpc) is 2.28. The van der Waals surface area contributed by atoms with Gasteiger partial charge in [-0.3, -0.25) is 0 Å². The molecule has 90 valence electrons. The van der Waals surface area contributed by atoms with Gasteiger partial charge < -0.3 is 4.74 Å². The second-order valence-electron chi connectivity index (χ2n) is 4.19. The minimum absolute atomic E-state index is 0.249. The van der Waals surface area contributed by atoms with Crippen LogP contribution in [0.15, 0.2) is 18.2 Å². The molecule has 0 bridgehead atoms. The Balaban J connectivity index is 2.80. The van der Waals surface area contributed by atoms with Crippen LogP contribution in [0.1, 0.15) is 45.6 Å². The van der Waals surface area contributed by atoms with Crippen molar-refractivity contribution in [3.8, 4) is 5.75 Å². The van der Waals surface area contributed by atoms with Crippen molar-refractivity contribution in [2.75, 3.05) is 0 Å². The van der Waals surface area contributed by atoms with Crippen LogP contribution in [0.5, 0.6) is 5.75 Å². The number of ether oxygens (including phenoxy) is 1. The summed E-state index contributed by atoms with van der Waals surface area (Å²) in [6.07, 6.45) is 4.72. The van der Waals surface area contributed by atoms with Crippen molar-refractivity contribution < 1.29 is 4.74 Å². The zero-order valence-electron chi connectivity index (χ0n) is 10.4. The van der Waals surface area contributed by atoms with E-state index >= 15 is 0 Å². The number of unbranched alkanes of at least 4 members (excludes halogenated alkanes) is 1. The number of benzene rings is 1. The molecule has 0 spiro atoms. The average molecular weight is 241 g/mol. The number of halogens is 1. The van der Waals surface area contributed by atoms with E-state index in [0.717, 1.165) is 23.6 Å². The summed E-state index contributed by atoms with van der Waals surface area (Å²) in [5, 5.41) is 0.749. The fourth-order valence-corrected chi connectivity index (χ4v) is 1.67. The Morgan fingerprint density at radius 2 is 2.06 bits per heavy atom. The highest BCUT2D eigenvalue weighted by Gasteiger charge is 2.07. The molecule has 1 atom stereocenters. The van der Waals surface area contributed by atoms with Crippen molar-refractivity contribution in [1.29, 1.82) is 0 Å². The predicted octanol–water partition coefficient (Wildman–Crippen LogP) is 4.86.